The van der Waals surface area contributed by atoms with Gasteiger partial charge in [0.15, 0.2) is 5.96 Å². The molecule has 1 aliphatic carbocycles. The zero-order chi connectivity index (χ0) is 17.9. The van der Waals surface area contributed by atoms with Crippen LogP contribution in [0.4, 0.5) is 0 Å². The Morgan fingerprint density at radius 1 is 1.36 bits per heavy atom. The number of hydrogen-bond donors (Lipinski definition) is 1. The normalized spacial score (nSPS) is 19.0. The molecule has 6 heteroatoms. The minimum Gasteiger partial charge on any atom is -0.379 e. The fourth-order valence-corrected chi connectivity index (χ4v) is 3.03. The van der Waals surface area contributed by atoms with Crippen LogP contribution in [-0.2, 0) is 9.53 Å². The molecule has 2 aliphatic rings. The second kappa shape index (κ2) is 11.3. The van der Waals surface area contributed by atoms with E-state index in [9.17, 15) is 4.79 Å². The van der Waals surface area contributed by atoms with Gasteiger partial charge in [-0.25, -0.2) is 0 Å². The Morgan fingerprint density at radius 3 is 2.96 bits per heavy atom. The van der Waals surface area contributed by atoms with E-state index < -0.39 is 0 Å². The molecule has 0 aromatic carbocycles. The summed E-state index contributed by atoms with van der Waals surface area (Å²) in [4.78, 5) is 20.9. The Kier molecular flexibility index (Phi) is 9.08. The van der Waals surface area contributed by atoms with Crippen molar-refractivity contribution in [1.29, 1.82) is 0 Å². The number of amides is 1. The third-order valence-electron chi connectivity index (χ3n) is 4.84. The van der Waals surface area contributed by atoms with Crippen LogP contribution in [0.3, 0.4) is 0 Å². The molecule has 2 fully saturated rings. The molecular weight excluding hydrogens is 316 g/mol. The Balaban J connectivity index is 1.66. The second-order valence-electron chi connectivity index (χ2n) is 7.22. The topological polar surface area (TPSA) is 57.2 Å². The summed E-state index contributed by atoms with van der Waals surface area (Å²) in [5, 5.41) is 3.34. The summed E-state index contributed by atoms with van der Waals surface area (Å²) in [6.45, 7) is 7.95. The van der Waals surface area contributed by atoms with E-state index in [4.69, 9.17) is 9.73 Å². The van der Waals surface area contributed by atoms with Crippen LogP contribution in [0.25, 0.3) is 0 Å². The maximum atomic E-state index is 12.0. The Labute approximate surface area is 153 Å². The van der Waals surface area contributed by atoms with Crippen LogP contribution < -0.4 is 5.32 Å². The number of likely N-dealkylation sites (tertiary alicyclic amines) is 1. The molecule has 1 saturated carbocycles. The van der Waals surface area contributed by atoms with Crippen molar-refractivity contribution in [2.75, 3.05) is 53.0 Å². The summed E-state index contributed by atoms with van der Waals surface area (Å²) in [5.41, 5.74) is 0. The predicted octanol–water partition coefficient (Wildman–Crippen LogP) is 2.10. The van der Waals surface area contributed by atoms with E-state index in [1.165, 1.54) is 19.3 Å². The van der Waals surface area contributed by atoms with Gasteiger partial charge in [0.25, 0.3) is 0 Å². The largest absolute Gasteiger partial charge is 0.379 e. The molecule has 6 nitrogen and oxygen atoms in total. The molecule has 144 valence electrons. The van der Waals surface area contributed by atoms with E-state index >= 15 is 0 Å². The van der Waals surface area contributed by atoms with Crippen LogP contribution in [0.5, 0.6) is 0 Å². The summed E-state index contributed by atoms with van der Waals surface area (Å²) in [6.07, 6.45) is 7.67. The van der Waals surface area contributed by atoms with E-state index in [-0.39, 0.29) is 0 Å². The lowest BCUT2D eigenvalue weighted by Crippen LogP contribution is -2.40. The quantitative estimate of drug-likeness (QED) is 0.372. The first-order valence-electron chi connectivity index (χ1n) is 10.1. The number of hydrogen-bond acceptors (Lipinski definition) is 3. The molecular formula is C19H36N4O2. The number of guanidine groups is 1. The van der Waals surface area contributed by atoms with Gasteiger partial charge >= 0.3 is 0 Å². The van der Waals surface area contributed by atoms with Crippen molar-refractivity contribution in [2.24, 2.45) is 10.9 Å². The van der Waals surface area contributed by atoms with Crippen molar-refractivity contribution in [3.8, 4) is 0 Å². The van der Waals surface area contributed by atoms with Crippen LogP contribution in [0.15, 0.2) is 4.99 Å². The highest BCUT2D eigenvalue weighted by Gasteiger charge is 2.21. The molecule has 1 amide bonds. The molecule has 0 radical (unpaired) electrons. The van der Waals surface area contributed by atoms with Crippen LogP contribution in [0.1, 0.15) is 51.9 Å². The molecule has 0 bridgehead atoms. The molecule has 1 saturated heterocycles. The first kappa shape index (κ1) is 20.0. The maximum absolute atomic E-state index is 12.0. The summed E-state index contributed by atoms with van der Waals surface area (Å²) >= 11 is 0. The highest BCUT2D eigenvalue weighted by Crippen LogP contribution is 2.28. The molecule has 2 rings (SSSR count). The lowest BCUT2D eigenvalue weighted by Gasteiger charge is -2.23. The van der Waals surface area contributed by atoms with Crippen molar-refractivity contribution in [3.63, 3.8) is 0 Å². The number of ether oxygens (including phenoxy) is 1. The highest BCUT2D eigenvalue weighted by molar-refractivity contribution is 5.79. The summed E-state index contributed by atoms with van der Waals surface area (Å²) in [6, 6.07) is 0. The third-order valence-corrected chi connectivity index (χ3v) is 4.84. The lowest BCUT2D eigenvalue weighted by molar-refractivity contribution is -0.130. The molecule has 0 aromatic rings. The summed E-state index contributed by atoms with van der Waals surface area (Å²) in [5.74, 6) is 2.06. The van der Waals surface area contributed by atoms with Gasteiger partial charge in [-0.1, -0.05) is 6.42 Å². The lowest BCUT2D eigenvalue weighted by atomic mass is 10.2. The Bertz CT molecular complexity index is 424. The monoisotopic (exact) mass is 352 g/mol. The third kappa shape index (κ3) is 8.08. The highest BCUT2D eigenvalue weighted by atomic mass is 16.5. The molecule has 0 unspecified atom stereocenters. The Hall–Kier alpha value is -1.30. The van der Waals surface area contributed by atoms with Gasteiger partial charge in [-0.15, -0.1) is 0 Å². The van der Waals surface area contributed by atoms with Crippen molar-refractivity contribution in [1.82, 2.24) is 15.1 Å². The van der Waals surface area contributed by atoms with E-state index in [2.05, 4.69) is 24.2 Å². The second-order valence-corrected chi connectivity index (χ2v) is 7.22. The number of likely N-dealkylation sites (N-methyl/N-ethyl adjacent to an activating group) is 1. The fraction of sp³-hybridized carbons (Fsp3) is 0.895. The maximum Gasteiger partial charge on any atom is 0.222 e. The first-order valence-corrected chi connectivity index (χ1v) is 10.1. The average Bonchev–Trinajstić information content (AvgIpc) is 3.43. The van der Waals surface area contributed by atoms with E-state index in [0.29, 0.717) is 5.91 Å². The van der Waals surface area contributed by atoms with Crippen LogP contribution in [-0.4, -0.2) is 74.7 Å². The smallest absolute Gasteiger partial charge is 0.222 e. The predicted molar refractivity (Wildman–Crippen MR) is 102 cm³/mol. The van der Waals surface area contributed by atoms with Crippen molar-refractivity contribution in [2.45, 2.75) is 51.9 Å². The van der Waals surface area contributed by atoms with Gasteiger partial charge in [-0.3, -0.25) is 9.79 Å². The molecule has 0 spiro atoms. The molecule has 1 heterocycles. The minimum absolute atomic E-state index is 0.318. The summed E-state index contributed by atoms with van der Waals surface area (Å²) < 4.78 is 5.72. The standard InChI is InChI=1S/C19H36N4O2/c1-3-20-19(22(2)14-15-25-16-17-9-10-17)21-11-7-13-23-12-6-4-5-8-18(23)24/h17H,3-16H2,1-2H3,(H,20,21). The van der Waals surface area contributed by atoms with Gasteiger partial charge in [-0.05, 0) is 44.9 Å². The number of rotatable bonds is 10. The van der Waals surface area contributed by atoms with Gasteiger partial charge < -0.3 is 19.9 Å². The number of nitrogens with zero attached hydrogens (tertiary/aromatic N) is 3. The van der Waals surface area contributed by atoms with Crippen LogP contribution >= 0.6 is 0 Å². The van der Waals surface area contributed by atoms with Gasteiger partial charge in [0, 0.05) is 52.8 Å². The molecule has 0 atom stereocenters. The van der Waals surface area contributed by atoms with Crippen LogP contribution in [0, 0.1) is 5.92 Å². The fourth-order valence-electron chi connectivity index (χ4n) is 3.03. The van der Waals surface area contributed by atoms with Crippen molar-refractivity contribution < 1.29 is 9.53 Å². The average molecular weight is 353 g/mol. The van der Waals surface area contributed by atoms with Gasteiger partial charge in [0.05, 0.1) is 6.61 Å². The van der Waals surface area contributed by atoms with Crippen LogP contribution in [0.2, 0.25) is 0 Å². The Morgan fingerprint density at radius 2 is 2.20 bits per heavy atom. The minimum atomic E-state index is 0.318. The first-order chi connectivity index (χ1) is 12.2. The number of carbonyl (C=O) groups excluding carboxylic acids is 1. The van der Waals surface area contributed by atoms with Gasteiger partial charge in [0.2, 0.25) is 5.91 Å². The van der Waals surface area contributed by atoms with Gasteiger partial charge in [-0.2, -0.15) is 0 Å². The van der Waals surface area contributed by atoms with E-state index in [1.807, 2.05) is 4.90 Å². The van der Waals surface area contributed by atoms with E-state index in [1.54, 1.807) is 0 Å². The molecule has 0 aromatic heterocycles. The SMILES string of the molecule is CCNC(=NCCCN1CCCCCC1=O)N(C)CCOCC1CC1. The number of carbonyl (C=O) groups is 1. The molecule has 1 aliphatic heterocycles. The van der Waals surface area contributed by atoms with Crippen molar-refractivity contribution in [3.05, 3.63) is 0 Å². The number of nitrogens with one attached hydrogen (secondary N) is 1. The van der Waals surface area contributed by atoms with Gasteiger partial charge in [0.1, 0.15) is 0 Å². The number of aliphatic imine (C=N–C) groups is 1. The molecule has 1 N–H and O–H groups in total. The molecule has 25 heavy (non-hydrogen) atoms. The van der Waals surface area contributed by atoms with Crippen molar-refractivity contribution >= 4 is 11.9 Å². The zero-order valence-corrected chi connectivity index (χ0v) is 16.1. The zero-order valence-electron chi connectivity index (χ0n) is 16.1. The van der Waals surface area contributed by atoms with E-state index in [0.717, 1.165) is 83.5 Å². The summed E-state index contributed by atoms with van der Waals surface area (Å²) in [7, 11) is 2.06.